The molecule has 0 aliphatic carbocycles. The number of hydrogen-bond acceptors (Lipinski definition) is 4. The third kappa shape index (κ3) is 5.12. The minimum absolute atomic E-state index is 0.124. The van der Waals surface area contributed by atoms with Gasteiger partial charge in [0.05, 0.1) is 18.3 Å². The Kier molecular flexibility index (Phi) is 6.37. The van der Waals surface area contributed by atoms with E-state index in [4.69, 9.17) is 4.74 Å². The van der Waals surface area contributed by atoms with Crippen LogP contribution in [0.4, 0.5) is 10.1 Å². The molecule has 2 aromatic carbocycles. The molecule has 0 heterocycles. The Morgan fingerprint density at radius 1 is 1.25 bits per heavy atom. The Morgan fingerprint density at radius 3 is 2.62 bits per heavy atom. The number of phenolic OH excluding ortho intramolecular Hbond substituents is 1. The number of rotatable bonds is 7. The van der Waals surface area contributed by atoms with Crippen molar-refractivity contribution in [3.63, 3.8) is 0 Å². The lowest BCUT2D eigenvalue weighted by atomic mass is 10.0. The van der Waals surface area contributed by atoms with E-state index < -0.39 is 5.97 Å². The van der Waals surface area contributed by atoms with Gasteiger partial charge in [-0.1, -0.05) is 30.3 Å². The number of benzene rings is 2. The molecule has 0 saturated heterocycles. The molecule has 0 aliphatic heterocycles. The minimum atomic E-state index is -0.405. The number of halogens is 1. The number of nitrogens with one attached hydrogen (secondary N) is 1. The molecule has 0 aromatic heterocycles. The Labute approximate surface area is 140 Å². The highest BCUT2D eigenvalue weighted by molar-refractivity contribution is 5.81. The smallest absolute Gasteiger partial charge is 0.330 e. The largest absolute Gasteiger partial charge is 0.506 e. The minimum Gasteiger partial charge on any atom is -0.506 e. The van der Waals surface area contributed by atoms with Crippen LogP contribution in [0.2, 0.25) is 0 Å². The number of phenols is 1. The van der Waals surface area contributed by atoms with Crippen molar-refractivity contribution in [1.82, 2.24) is 0 Å². The van der Waals surface area contributed by atoms with Gasteiger partial charge in [0.25, 0.3) is 0 Å². The number of ether oxygens (including phenoxy) is 1. The quantitative estimate of drug-likeness (QED) is 0.454. The van der Waals surface area contributed by atoms with Gasteiger partial charge in [-0.3, -0.25) is 0 Å². The molecule has 126 valence electrons. The normalized spacial score (nSPS) is 12.1. The van der Waals surface area contributed by atoms with E-state index in [1.807, 2.05) is 0 Å². The van der Waals surface area contributed by atoms with Gasteiger partial charge in [0.2, 0.25) is 0 Å². The van der Waals surface area contributed by atoms with Crippen LogP contribution in [0.25, 0.3) is 0 Å². The summed E-state index contributed by atoms with van der Waals surface area (Å²) in [4.78, 5) is 11.4. The lowest BCUT2D eigenvalue weighted by Crippen LogP contribution is -2.10. The molecule has 0 aliphatic rings. The van der Waals surface area contributed by atoms with E-state index in [-0.39, 0.29) is 17.6 Å². The van der Waals surface area contributed by atoms with E-state index in [0.29, 0.717) is 18.7 Å². The molecule has 1 unspecified atom stereocenters. The topological polar surface area (TPSA) is 58.6 Å². The molecule has 0 fully saturated rings. The van der Waals surface area contributed by atoms with Crippen molar-refractivity contribution in [2.24, 2.45) is 0 Å². The molecule has 4 nitrogen and oxygen atoms in total. The van der Waals surface area contributed by atoms with Crippen molar-refractivity contribution in [3.05, 3.63) is 72.1 Å². The first-order chi connectivity index (χ1) is 11.6. The first-order valence-corrected chi connectivity index (χ1v) is 7.73. The van der Waals surface area contributed by atoms with Crippen LogP contribution >= 0.6 is 0 Å². The molecular weight excluding hydrogens is 309 g/mol. The van der Waals surface area contributed by atoms with Crippen LogP contribution < -0.4 is 5.32 Å². The number of para-hydroxylation sites is 2. The highest BCUT2D eigenvalue weighted by atomic mass is 19.1. The Bertz CT molecular complexity index is 698. The van der Waals surface area contributed by atoms with Gasteiger partial charge in [0.15, 0.2) is 0 Å². The van der Waals surface area contributed by atoms with Crippen LogP contribution in [0.3, 0.4) is 0 Å². The Balaban J connectivity index is 2.16. The summed E-state index contributed by atoms with van der Waals surface area (Å²) in [6, 6.07) is 12.7. The highest BCUT2D eigenvalue weighted by Crippen LogP contribution is 2.29. The Morgan fingerprint density at radius 2 is 1.96 bits per heavy atom. The average Bonchev–Trinajstić information content (AvgIpc) is 2.57. The lowest BCUT2D eigenvalue weighted by Gasteiger charge is -2.20. The zero-order valence-corrected chi connectivity index (χ0v) is 13.4. The lowest BCUT2D eigenvalue weighted by molar-refractivity contribution is -0.137. The summed E-state index contributed by atoms with van der Waals surface area (Å²) in [5.41, 5.74) is 1.41. The summed E-state index contributed by atoms with van der Waals surface area (Å²) in [6.45, 7) is 2.06. The fourth-order valence-electron chi connectivity index (χ4n) is 2.25. The maximum atomic E-state index is 13.1. The van der Waals surface area contributed by atoms with Gasteiger partial charge in [-0.25, -0.2) is 9.18 Å². The molecule has 0 bridgehead atoms. The molecule has 24 heavy (non-hydrogen) atoms. The highest BCUT2D eigenvalue weighted by Gasteiger charge is 2.12. The predicted molar refractivity (Wildman–Crippen MR) is 91.3 cm³/mol. The van der Waals surface area contributed by atoms with Crippen molar-refractivity contribution in [1.29, 1.82) is 0 Å². The van der Waals surface area contributed by atoms with Crippen LogP contribution in [0.5, 0.6) is 5.75 Å². The first kappa shape index (κ1) is 17.5. The van der Waals surface area contributed by atoms with Crippen molar-refractivity contribution in [2.45, 2.75) is 19.4 Å². The molecule has 5 heteroatoms. The second-order valence-corrected chi connectivity index (χ2v) is 5.16. The monoisotopic (exact) mass is 329 g/mol. The number of carbonyl (C=O) groups excluding carboxylic acids is 1. The SMILES string of the molecule is CCOC(=O)/C=C/CC(Nc1ccccc1O)c1ccc(F)cc1. The summed E-state index contributed by atoms with van der Waals surface area (Å²) < 4.78 is 18.0. The van der Waals surface area contributed by atoms with E-state index in [2.05, 4.69) is 5.32 Å². The van der Waals surface area contributed by atoms with Crippen molar-refractivity contribution < 1.29 is 19.0 Å². The summed E-state index contributed by atoms with van der Waals surface area (Å²) >= 11 is 0. The summed E-state index contributed by atoms with van der Waals surface area (Å²) in [7, 11) is 0. The Hall–Kier alpha value is -2.82. The standard InChI is InChI=1S/C19H20FNO3/c1-2-24-19(23)9-5-7-16(14-10-12-15(20)13-11-14)21-17-6-3-4-8-18(17)22/h3-6,8-13,16,21-22H,2,7H2,1H3/b9-5+. The van der Waals surface area contributed by atoms with Gasteiger partial charge in [0, 0.05) is 6.08 Å². The molecule has 2 aromatic rings. The maximum Gasteiger partial charge on any atom is 0.330 e. The second-order valence-electron chi connectivity index (χ2n) is 5.16. The van der Waals surface area contributed by atoms with E-state index in [1.54, 1.807) is 49.4 Å². The molecule has 0 amide bonds. The number of anilines is 1. The second kappa shape index (κ2) is 8.72. The fraction of sp³-hybridized carbons (Fsp3) is 0.211. The van der Waals surface area contributed by atoms with Crippen LogP contribution in [0.1, 0.15) is 24.9 Å². The molecular formula is C19H20FNO3. The van der Waals surface area contributed by atoms with E-state index in [0.717, 1.165) is 5.56 Å². The summed E-state index contributed by atoms with van der Waals surface area (Å²) in [5, 5.41) is 13.1. The van der Waals surface area contributed by atoms with Crippen LogP contribution in [-0.4, -0.2) is 17.7 Å². The van der Waals surface area contributed by atoms with Crippen molar-refractivity contribution >= 4 is 11.7 Å². The number of aromatic hydroxyl groups is 1. The molecule has 0 spiro atoms. The third-order valence-electron chi connectivity index (χ3n) is 3.42. The van der Waals surface area contributed by atoms with E-state index in [1.165, 1.54) is 18.2 Å². The van der Waals surface area contributed by atoms with E-state index >= 15 is 0 Å². The maximum absolute atomic E-state index is 13.1. The zero-order valence-electron chi connectivity index (χ0n) is 13.4. The molecule has 0 radical (unpaired) electrons. The van der Waals surface area contributed by atoms with E-state index in [9.17, 15) is 14.3 Å². The number of esters is 1. The van der Waals surface area contributed by atoms with Crippen LogP contribution in [0, 0.1) is 5.82 Å². The number of carbonyl (C=O) groups is 1. The molecule has 2 rings (SSSR count). The fourth-order valence-corrected chi connectivity index (χ4v) is 2.25. The van der Waals surface area contributed by atoms with Crippen molar-refractivity contribution in [2.75, 3.05) is 11.9 Å². The van der Waals surface area contributed by atoms with Gasteiger partial charge in [0.1, 0.15) is 11.6 Å². The van der Waals surface area contributed by atoms with Crippen LogP contribution in [-0.2, 0) is 9.53 Å². The van der Waals surface area contributed by atoms with Gasteiger partial charge in [-0.15, -0.1) is 0 Å². The van der Waals surface area contributed by atoms with Gasteiger partial charge >= 0.3 is 5.97 Å². The third-order valence-corrected chi connectivity index (χ3v) is 3.42. The number of hydrogen-bond donors (Lipinski definition) is 2. The summed E-state index contributed by atoms with van der Waals surface area (Å²) in [6.07, 6.45) is 3.53. The molecule has 0 saturated carbocycles. The van der Waals surface area contributed by atoms with Gasteiger partial charge in [-0.05, 0) is 43.2 Å². The van der Waals surface area contributed by atoms with Gasteiger partial charge < -0.3 is 15.2 Å². The average molecular weight is 329 g/mol. The molecule has 1 atom stereocenters. The van der Waals surface area contributed by atoms with Crippen molar-refractivity contribution in [3.8, 4) is 5.75 Å². The first-order valence-electron chi connectivity index (χ1n) is 7.73. The van der Waals surface area contributed by atoms with Crippen LogP contribution in [0.15, 0.2) is 60.7 Å². The summed E-state index contributed by atoms with van der Waals surface area (Å²) in [5.74, 6) is -0.598. The zero-order chi connectivity index (χ0) is 17.4. The van der Waals surface area contributed by atoms with Gasteiger partial charge in [-0.2, -0.15) is 0 Å². The molecule has 2 N–H and O–H groups in total. The predicted octanol–water partition coefficient (Wildman–Crippen LogP) is 4.19.